The monoisotopic (exact) mass is 346 g/mol. The zero-order valence-corrected chi connectivity index (χ0v) is 13.8. The highest BCUT2D eigenvalue weighted by atomic mass is 19.1. The van der Waals surface area contributed by atoms with Crippen molar-refractivity contribution in [1.82, 2.24) is 14.7 Å². The second-order valence-corrected chi connectivity index (χ2v) is 5.94. The van der Waals surface area contributed by atoms with Gasteiger partial charge < -0.3 is 15.4 Å². The van der Waals surface area contributed by atoms with Crippen LogP contribution in [0, 0.1) is 11.7 Å². The van der Waals surface area contributed by atoms with Crippen molar-refractivity contribution in [3.8, 4) is 11.4 Å². The predicted molar refractivity (Wildman–Crippen MR) is 87.9 cm³/mol. The lowest BCUT2D eigenvalue weighted by Gasteiger charge is -2.30. The van der Waals surface area contributed by atoms with Crippen molar-refractivity contribution in [2.45, 2.75) is 12.8 Å². The van der Waals surface area contributed by atoms with Crippen LogP contribution in [0.5, 0.6) is 5.75 Å². The number of amides is 2. The number of hydrogen-bond donors (Lipinski definition) is 1. The van der Waals surface area contributed by atoms with E-state index in [2.05, 4.69) is 5.10 Å². The summed E-state index contributed by atoms with van der Waals surface area (Å²) in [6, 6.07) is 5.77. The Morgan fingerprint density at radius 2 is 1.88 bits per heavy atom. The summed E-state index contributed by atoms with van der Waals surface area (Å²) in [5.74, 6) is -0.795. The van der Waals surface area contributed by atoms with E-state index >= 15 is 0 Å². The van der Waals surface area contributed by atoms with Gasteiger partial charge in [0.2, 0.25) is 5.91 Å². The lowest BCUT2D eigenvalue weighted by molar-refractivity contribution is -0.123. The summed E-state index contributed by atoms with van der Waals surface area (Å²) in [5, 5.41) is 4.30. The second kappa shape index (κ2) is 6.92. The number of primary amides is 1. The number of piperidine rings is 1. The largest absolute Gasteiger partial charge is 0.493 e. The van der Waals surface area contributed by atoms with Gasteiger partial charge in [0.25, 0.3) is 5.91 Å². The topological polar surface area (TPSA) is 90.5 Å². The predicted octanol–water partition coefficient (Wildman–Crippen LogP) is 1.36. The molecule has 25 heavy (non-hydrogen) atoms. The fraction of sp³-hybridized carbons (Fsp3) is 0.353. The Kier molecular flexibility index (Phi) is 4.69. The second-order valence-electron chi connectivity index (χ2n) is 5.94. The summed E-state index contributed by atoms with van der Waals surface area (Å²) in [6.45, 7) is 0.887. The maximum absolute atomic E-state index is 13.1. The summed E-state index contributed by atoms with van der Waals surface area (Å²) in [4.78, 5) is 25.6. The van der Waals surface area contributed by atoms with E-state index in [0.717, 1.165) is 0 Å². The molecule has 2 amide bonds. The molecule has 7 nitrogen and oxygen atoms in total. The molecule has 0 atom stereocenters. The summed E-state index contributed by atoms with van der Waals surface area (Å²) >= 11 is 0. The number of ether oxygens (including phenoxy) is 1. The number of carbonyl (C=O) groups excluding carboxylic acids is 2. The average molecular weight is 346 g/mol. The van der Waals surface area contributed by atoms with Gasteiger partial charge in [-0.05, 0) is 37.1 Å². The minimum Gasteiger partial charge on any atom is -0.493 e. The molecule has 8 heteroatoms. The van der Waals surface area contributed by atoms with Crippen LogP contribution in [0.15, 0.2) is 30.5 Å². The maximum atomic E-state index is 13.1. The standard InChI is InChI=1S/C17H19FN4O3/c1-25-14-10-22(13-4-2-12(18)3-5-13)20-15(14)17(24)21-8-6-11(7-9-21)16(19)23/h2-5,10-11H,6-9H2,1H3,(H2,19,23). The quantitative estimate of drug-likeness (QED) is 0.905. The van der Waals surface area contributed by atoms with Gasteiger partial charge in [-0.15, -0.1) is 0 Å². The molecule has 1 aromatic carbocycles. The van der Waals surface area contributed by atoms with Gasteiger partial charge in [0.15, 0.2) is 11.4 Å². The molecule has 2 N–H and O–H groups in total. The number of nitrogens with zero attached hydrogens (tertiary/aromatic N) is 3. The number of methoxy groups -OCH3 is 1. The van der Waals surface area contributed by atoms with Crippen LogP contribution in [0.1, 0.15) is 23.3 Å². The first-order valence-electron chi connectivity index (χ1n) is 7.97. The van der Waals surface area contributed by atoms with Gasteiger partial charge in [-0.1, -0.05) is 0 Å². The average Bonchev–Trinajstić information content (AvgIpc) is 3.06. The molecule has 0 unspecified atom stereocenters. The number of nitrogens with two attached hydrogens (primary N) is 1. The highest BCUT2D eigenvalue weighted by Crippen LogP contribution is 2.24. The van der Waals surface area contributed by atoms with Crippen LogP contribution in [0.2, 0.25) is 0 Å². The SMILES string of the molecule is COc1cn(-c2ccc(F)cc2)nc1C(=O)N1CCC(C(N)=O)CC1. The summed E-state index contributed by atoms with van der Waals surface area (Å²) in [5.41, 5.74) is 6.12. The van der Waals surface area contributed by atoms with Crippen molar-refractivity contribution in [3.63, 3.8) is 0 Å². The Labute approximate surface area is 144 Å². The zero-order chi connectivity index (χ0) is 18.0. The molecule has 1 aliphatic rings. The van der Waals surface area contributed by atoms with Crippen molar-refractivity contribution in [3.05, 3.63) is 42.0 Å². The van der Waals surface area contributed by atoms with Crippen LogP contribution >= 0.6 is 0 Å². The van der Waals surface area contributed by atoms with Gasteiger partial charge >= 0.3 is 0 Å². The van der Waals surface area contributed by atoms with Gasteiger partial charge in [-0.3, -0.25) is 9.59 Å². The molecule has 2 heterocycles. The molecule has 0 saturated carbocycles. The van der Waals surface area contributed by atoms with Crippen molar-refractivity contribution < 1.29 is 18.7 Å². The molecule has 0 aliphatic carbocycles. The first kappa shape index (κ1) is 16.9. The van der Waals surface area contributed by atoms with Gasteiger partial charge in [0.05, 0.1) is 19.0 Å². The van der Waals surface area contributed by atoms with Gasteiger partial charge in [-0.25, -0.2) is 9.07 Å². The molecule has 0 spiro atoms. The normalized spacial score (nSPS) is 15.2. The highest BCUT2D eigenvalue weighted by Gasteiger charge is 2.29. The van der Waals surface area contributed by atoms with E-state index in [4.69, 9.17) is 10.5 Å². The van der Waals surface area contributed by atoms with Crippen molar-refractivity contribution in [2.75, 3.05) is 20.2 Å². The van der Waals surface area contributed by atoms with Crippen LogP contribution < -0.4 is 10.5 Å². The molecule has 1 saturated heterocycles. The van der Waals surface area contributed by atoms with Crippen LogP contribution in [-0.4, -0.2) is 46.7 Å². The smallest absolute Gasteiger partial charge is 0.278 e. The molecule has 1 aliphatic heterocycles. The Balaban J connectivity index is 1.81. The Hall–Kier alpha value is -2.90. The van der Waals surface area contributed by atoms with Gasteiger partial charge in [0.1, 0.15) is 5.82 Å². The third-order valence-electron chi connectivity index (χ3n) is 4.38. The van der Waals surface area contributed by atoms with E-state index in [-0.39, 0.29) is 29.2 Å². The first-order chi connectivity index (χ1) is 12.0. The number of carbonyl (C=O) groups is 2. The Morgan fingerprint density at radius 3 is 2.44 bits per heavy atom. The van der Waals surface area contributed by atoms with E-state index < -0.39 is 0 Å². The molecule has 132 valence electrons. The third kappa shape index (κ3) is 3.47. The van der Waals surface area contributed by atoms with Crippen LogP contribution in [0.25, 0.3) is 5.69 Å². The first-order valence-corrected chi connectivity index (χ1v) is 7.97. The van der Waals surface area contributed by atoms with Crippen LogP contribution in [-0.2, 0) is 4.79 Å². The molecule has 1 aromatic heterocycles. The molecular weight excluding hydrogens is 327 g/mol. The maximum Gasteiger partial charge on any atom is 0.278 e. The number of hydrogen-bond acceptors (Lipinski definition) is 4. The van der Waals surface area contributed by atoms with Gasteiger partial charge in [0, 0.05) is 19.0 Å². The van der Waals surface area contributed by atoms with Crippen molar-refractivity contribution >= 4 is 11.8 Å². The minimum atomic E-state index is -0.350. The number of aromatic nitrogens is 2. The van der Waals surface area contributed by atoms with E-state index in [1.807, 2.05) is 0 Å². The number of likely N-dealkylation sites (tertiary alicyclic amines) is 1. The number of benzene rings is 1. The molecule has 3 rings (SSSR count). The summed E-state index contributed by atoms with van der Waals surface area (Å²) < 4.78 is 19.8. The van der Waals surface area contributed by atoms with E-state index in [9.17, 15) is 14.0 Å². The highest BCUT2D eigenvalue weighted by molar-refractivity contribution is 5.95. The third-order valence-corrected chi connectivity index (χ3v) is 4.38. The van der Waals surface area contributed by atoms with Crippen molar-refractivity contribution in [1.29, 1.82) is 0 Å². The zero-order valence-electron chi connectivity index (χ0n) is 13.8. The van der Waals surface area contributed by atoms with E-state index in [1.54, 1.807) is 23.2 Å². The molecule has 0 bridgehead atoms. The number of rotatable bonds is 4. The number of halogens is 1. The van der Waals surface area contributed by atoms with E-state index in [0.29, 0.717) is 37.4 Å². The van der Waals surface area contributed by atoms with Gasteiger partial charge in [-0.2, -0.15) is 5.10 Å². The fourth-order valence-corrected chi connectivity index (χ4v) is 2.90. The summed E-state index contributed by atoms with van der Waals surface area (Å²) in [7, 11) is 1.46. The van der Waals surface area contributed by atoms with Crippen LogP contribution in [0.3, 0.4) is 0 Å². The molecule has 0 radical (unpaired) electrons. The summed E-state index contributed by atoms with van der Waals surface area (Å²) in [6.07, 6.45) is 2.67. The lowest BCUT2D eigenvalue weighted by Crippen LogP contribution is -2.42. The lowest BCUT2D eigenvalue weighted by atomic mass is 9.96. The van der Waals surface area contributed by atoms with Crippen LogP contribution in [0.4, 0.5) is 4.39 Å². The van der Waals surface area contributed by atoms with E-state index in [1.165, 1.54) is 23.9 Å². The fourth-order valence-electron chi connectivity index (χ4n) is 2.90. The molecule has 2 aromatic rings. The Morgan fingerprint density at radius 1 is 1.24 bits per heavy atom. The molecular formula is C17H19FN4O3. The van der Waals surface area contributed by atoms with Crippen molar-refractivity contribution in [2.24, 2.45) is 11.7 Å². The minimum absolute atomic E-state index is 0.185. The Bertz CT molecular complexity index is 780. The molecule has 1 fully saturated rings.